The Kier molecular flexibility index (Phi) is 14.3. The number of pyridine rings is 1. The molecule has 4 aliphatic rings. The standard InChI is InChI=1S/C42H62N4O6/c1-30(35-17-12-18-38(43-35)45-23-9-10-24-45)13-11-14-31(2)39-32(3)19-20-37(42(4,51)22-21-34(47)29-36(48)40(39)49)52-41(50)46-27-25-44(26-28-46)33-15-7-5-6-8-16-33/h11-14,17-20,30,32-34,37,39,47,51H,5-10,15-16,21-29H2,1-4H3/b13-11+,20-19+,31-14+/t30?,32-,34-,37-,39+,42-/m0/s1. The number of ether oxygens (including phenoxy) is 1. The van der Waals surface area contributed by atoms with Crippen LogP contribution in [0.1, 0.15) is 110 Å². The Hall–Kier alpha value is -3.34. The summed E-state index contributed by atoms with van der Waals surface area (Å²) < 4.78 is 6.02. The van der Waals surface area contributed by atoms with Crippen LogP contribution in [-0.2, 0) is 14.3 Å². The van der Waals surface area contributed by atoms with E-state index in [4.69, 9.17) is 9.72 Å². The maximum atomic E-state index is 13.7. The molecule has 0 aromatic carbocycles. The third kappa shape index (κ3) is 10.6. The first kappa shape index (κ1) is 39.9. The number of aliphatic hydroxyl groups is 2. The number of hydrogen-bond acceptors (Lipinski definition) is 9. The molecule has 10 heteroatoms. The second kappa shape index (κ2) is 18.6. The Labute approximate surface area is 311 Å². The molecule has 0 bridgehead atoms. The molecule has 1 aromatic heterocycles. The highest BCUT2D eigenvalue weighted by Crippen LogP contribution is 2.30. The van der Waals surface area contributed by atoms with Crippen LogP contribution in [-0.4, -0.2) is 106 Å². The number of Topliss-reactive ketones (excluding diaryl/α,β-unsaturated/α-hetero) is 2. The minimum Gasteiger partial charge on any atom is -0.439 e. The topological polar surface area (TPSA) is 124 Å². The number of ketones is 2. The van der Waals surface area contributed by atoms with Crippen molar-refractivity contribution in [2.45, 2.75) is 128 Å². The fourth-order valence-electron chi connectivity index (χ4n) is 8.28. The number of carbonyl (C=O) groups is 3. The zero-order valence-corrected chi connectivity index (χ0v) is 31.9. The first-order valence-corrected chi connectivity index (χ1v) is 19.8. The number of rotatable bonds is 7. The van der Waals surface area contributed by atoms with Gasteiger partial charge in [-0.2, -0.15) is 0 Å². The van der Waals surface area contributed by atoms with Crippen LogP contribution in [0.15, 0.2) is 54.2 Å². The van der Waals surface area contributed by atoms with E-state index in [-0.39, 0.29) is 25.2 Å². The number of aromatic nitrogens is 1. The predicted octanol–water partition coefficient (Wildman–Crippen LogP) is 6.38. The van der Waals surface area contributed by atoms with Crippen molar-refractivity contribution < 1.29 is 29.3 Å². The van der Waals surface area contributed by atoms with Gasteiger partial charge in [0.1, 0.15) is 11.4 Å². The molecule has 3 fully saturated rings. The maximum Gasteiger partial charge on any atom is 0.410 e. The van der Waals surface area contributed by atoms with E-state index < -0.39 is 47.3 Å². The Bertz CT molecular complexity index is 1450. The van der Waals surface area contributed by atoms with Crippen LogP contribution in [0.2, 0.25) is 0 Å². The number of piperazine rings is 1. The molecule has 2 saturated heterocycles. The molecule has 1 amide bonds. The van der Waals surface area contributed by atoms with Gasteiger partial charge in [0.05, 0.1) is 12.0 Å². The lowest BCUT2D eigenvalue weighted by molar-refractivity contribution is -0.140. The van der Waals surface area contributed by atoms with Gasteiger partial charge in [-0.3, -0.25) is 14.5 Å². The smallest absolute Gasteiger partial charge is 0.410 e. The third-order valence-corrected chi connectivity index (χ3v) is 11.7. The van der Waals surface area contributed by atoms with E-state index in [0.29, 0.717) is 24.7 Å². The van der Waals surface area contributed by atoms with Crippen molar-refractivity contribution in [1.29, 1.82) is 0 Å². The van der Waals surface area contributed by atoms with Crippen molar-refractivity contribution in [3.05, 3.63) is 59.8 Å². The number of hydrogen-bond donors (Lipinski definition) is 2. The normalized spacial score (nSPS) is 30.8. The van der Waals surface area contributed by atoms with Gasteiger partial charge < -0.3 is 24.7 Å². The Morgan fingerprint density at radius 1 is 0.981 bits per heavy atom. The van der Waals surface area contributed by atoms with E-state index in [1.54, 1.807) is 24.0 Å². The summed E-state index contributed by atoms with van der Waals surface area (Å²) in [6.45, 7) is 12.2. The Balaban J connectivity index is 1.29. The molecular formula is C42H62N4O6. The van der Waals surface area contributed by atoms with Crippen LogP contribution in [0.5, 0.6) is 0 Å². The quantitative estimate of drug-likeness (QED) is 0.143. The van der Waals surface area contributed by atoms with Crippen LogP contribution in [0.3, 0.4) is 0 Å². The van der Waals surface area contributed by atoms with E-state index in [1.165, 1.54) is 51.4 Å². The van der Waals surface area contributed by atoms with E-state index in [1.807, 2.05) is 44.2 Å². The fraction of sp³-hybridized carbons (Fsp3) is 0.667. The summed E-state index contributed by atoms with van der Waals surface area (Å²) in [7, 11) is 0. The first-order chi connectivity index (χ1) is 24.9. The van der Waals surface area contributed by atoms with Gasteiger partial charge in [0.25, 0.3) is 0 Å². The average molecular weight is 719 g/mol. The van der Waals surface area contributed by atoms with Crippen LogP contribution in [0.4, 0.5) is 10.6 Å². The summed E-state index contributed by atoms with van der Waals surface area (Å²) in [4.78, 5) is 51.8. The molecule has 2 aliphatic heterocycles. The molecule has 52 heavy (non-hydrogen) atoms. The predicted molar refractivity (Wildman–Crippen MR) is 204 cm³/mol. The summed E-state index contributed by atoms with van der Waals surface area (Å²) in [6, 6.07) is 6.70. The highest BCUT2D eigenvalue weighted by molar-refractivity contribution is 6.38. The lowest BCUT2D eigenvalue weighted by Gasteiger charge is -2.40. The van der Waals surface area contributed by atoms with Gasteiger partial charge in [0.2, 0.25) is 11.6 Å². The summed E-state index contributed by atoms with van der Waals surface area (Å²) in [6.07, 6.45) is 16.4. The number of carbonyl (C=O) groups excluding carboxylic acids is 3. The van der Waals surface area contributed by atoms with Crippen molar-refractivity contribution in [3.8, 4) is 0 Å². The van der Waals surface area contributed by atoms with Gasteiger partial charge in [-0.25, -0.2) is 9.78 Å². The number of anilines is 1. The van der Waals surface area contributed by atoms with Crippen LogP contribution < -0.4 is 4.90 Å². The van der Waals surface area contributed by atoms with E-state index in [0.717, 1.165) is 37.7 Å². The molecule has 1 unspecified atom stereocenters. The monoisotopic (exact) mass is 718 g/mol. The SMILES string of the molecule is C/C(=C\C=C\C(C)c1cccc(N2CCCC2)n1)[C@H]1C(=O)C(=O)C[C@@H](O)CC[C@](C)(O)[C@@H](OC(=O)N2CCN(C3CCCCCC3)CC2)/C=C/[C@@H]1C. The highest BCUT2D eigenvalue weighted by atomic mass is 16.6. The average Bonchev–Trinajstić information content (AvgIpc) is 3.54. The molecular weight excluding hydrogens is 656 g/mol. The molecule has 0 radical (unpaired) electrons. The number of nitrogens with zero attached hydrogens (tertiary/aromatic N) is 4. The van der Waals surface area contributed by atoms with Gasteiger partial charge >= 0.3 is 6.09 Å². The summed E-state index contributed by atoms with van der Waals surface area (Å²) in [5.41, 5.74) is 0.167. The summed E-state index contributed by atoms with van der Waals surface area (Å²) >= 11 is 0. The molecule has 3 heterocycles. The van der Waals surface area contributed by atoms with Crippen molar-refractivity contribution in [1.82, 2.24) is 14.8 Å². The first-order valence-electron chi connectivity index (χ1n) is 19.8. The molecule has 5 rings (SSSR count). The molecule has 1 aromatic rings. The maximum absolute atomic E-state index is 13.7. The Morgan fingerprint density at radius 2 is 1.67 bits per heavy atom. The molecule has 1 saturated carbocycles. The second-order valence-electron chi connectivity index (χ2n) is 15.9. The van der Waals surface area contributed by atoms with Gasteiger partial charge in [-0.1, -0.05) is 75.5 Å². The van der Waals surface area contributed by atoms with E-state index in [9.17, 15) is 24.6 Å². The van der Waals surface area contributed by atoms with Gasteiger partial charge in [0.15, 0.2) is 6.10 Å². The van der Waals surface area contributed by atoms with Crippen LogP contribution in [0, 0.1) is 11.8 Å². The van der Waals surface area contributed by atoms with Crippen LogP contribution in [0.25, 0.3) is 0 Å². The highest BCUT2D eigenvalue weighted by Gasteiger charge is 2.38. The van der Waals surface area contributed by atoms with Gasteiger partial charge in [0, 0.05) is 63.3 Å². The van der Waals surface area contributed by atoms with Crippen LogP contribution >= 0.6 is 0 Å². The van der Waals surface area contributed by atoms with E-state index in [2.05, 4.69) is 22.8 Å². The minimum absolute atomic E-state index is 0.0326. The van der Waals surface area contributed by atoms with Gasteiger partial charge in [-0.15, -0.1) is 0 Å². The van der Waals surface area contributed by atoms with Crippen molar-refractivity contribution in [2.24, 2.45) is 11.8 Å². The van der Waals surface area contributed by atoms with Crippen molar-refractivity contribution in [3.63, 3.8) is 0 Å². The molecule has 2 N–H and O–H groups in total. The third-order valence-electron chi connectivity index (χ3n) is 11.7. The fourth-order valence-corrected chi connectivity index (χ4v) is 8.28. The zero-order valence-electron chi connectivity index (χ0n) is 31.9. The molecule has 10 nitrogen and oxygen atoms in total. The van der Waals surface area contributed by atoms with Crippen molar-refractivity contribution >= 4 is 23.5 Å². The van der Waals surface area contributed by atoms with Gasteiger partial charge in [-0.05, 0) is 76.5 Å². The minimum atomic E-state index is -1.50. The second-order valence-corrected chi connectivity index (χ2v) is 15.9. The lowest BCUT2D eigenvalue weighted by Crippen LogP contribution is -2.53. The van der Waals surface area contributed by atoms with Crippen molar-refractivity contribution in [2.75, 3.05) is 44.2 Å². The molecule has 2 aliphatic carbocycles. The lowest BCUT2D eigenvalue weighted by atomic mass is 9.79. The zero-order chi connectivity index (χ0) is 37.3. The molecule has 6 atom stereocenters. The number of amides is 1. The largest absolute Gasteiger partial charge is 0.439 e. The summed E-state index contributed by atoms with van der Waals surface area (Å²) in [5.74, 6) is -1.39. The number of aliphatic hydroxyl groups excluding tert-OH is 1. The number of allylic oxidation sites excluding steroid dienone is 5. The summed E-state index contributed by atoms with van der Waals surface area (Å²) in [5, 5.41) is 22.4. The molecule has 0 spiro atoms. The molecule has 286 valence electrons. The van der Waals surface area contributed by atoms with E-state index >= 15 is 0 Å². The Morgan fingerprint density at radius 3 is 2.37 bits per heavy atom.